The van der Waals surface area contributed by atoms with Crippen molar-refractivity contribution in [2.24, 2.45) is 0 Å². The molecule has 6 aromatic rings. The lowest BCUT2D eigenvalue weighted by Gasteiger charge is -2.33. The first kappa shape index (κ1) is 96.1. The van der Waals surface area contributed by atoms with Gasteiger partial charge in [-0.15, -0.1) is 0 Å². The smallest absolute Gasteiger partial charge is 0.407 e. The first-order valence-corrected chi connectivity index (χ1v) is 43.0. The molecule has 0 aromatic heterocycles. The SMILES string of the molecule is COC(=O)NC(C(=O)N1CCC[C@H]1C(=O)Nc1ccc([C@@H]2CC[C@@H](c3ccc(NC(=O)[C@@H]4CCCN4C(=O)[C@@H](NC(=O)OC)[C@@H](C)OC)cc3)N2c2ccc(F)cc2)cc1)[C@@H](C)OC.COC(=O)NC(C(=O)N1CCC[C@H]1C(=O)Nc1ccc([C@H]2CC[C@H](c3ccc(NC(=O)[C@@H]4CCCN4C(=O)[C@@H](NC(=O)OC)[C@@H](C)OC)cc3)N2c2ccc(F)cc2)cc1)[C@@H](C)OC. The summed E-state index contributed by atoms with van der Waals surface area (Å²) in [6, 6.07) is 35.4. The second-order valence-corrected chi connectivity index (χ2v) is 32.4. The molecular weight excluding hydrogens is 1660 g/mol. The first-order valence-electron chi connectivity index (χ1n) is 43.0. The predicted molar refractivity (Wildman–Crippen MR) is 470 cm³/mol. The highest BCUT2D eigenvalue weighted by molar-refractivity contribution is 6.02. The second kappa shape index (κ2) is 44.7. The largest absolute Gasteiger partial charge is 0.453 e. The Kier molecular flexibility index (Phi) is 33.6. The van der Waals surface area contributed by atoms with Gasteiger partial charge < -0.3 is 110 Å². The number of alkyl carbamates (subject to hydrolysis) is 4. The fourth-order valence-electron chi connectivity index (χ4n) is 17.7. The summed E-state index contributed by atoms with van der Waals surface area (Å²) >= 11 is 0. The number of hydrogen-bond acceptors (Lipinski definition) is 22. The van der Waals surface area contributed by atoms with Crippen LogP contribution in [0, 0.1) is 11.6 Å². The molecule has 688 valence electrons. The van der Waals surface area contributed by atoms with Gasteiger partial charge in [0.1, 0.15) is 60.0 Å². The Balaban J connectivity index is 0.000000248. The van der Waals surface area contributed by atoms with Gasteiger partial charge in [-0.1, -0.05) is 48.5 Å². The summed E-state index contributed by atoms with van der Waals surface area (Å²) in [6.45, 7) is 8.01. The molecule has 36 heteroatoms. The van der Waals surface area contributed by atoms with Crippen LogP contribution in [0.3, 0.4) is 0 Å². The molecule has 6 aliphatic heterocycles. The van der Waals surface area contributed by atoms with Gasteiger partial charge in [-0.3, -0.25) is 38.4 Å². The molecule has 12 rings (SSSR count). The van der Waals surface area contributed by atoms with E-state index in [2.05, 4.69) is 52.3 Å². The summed E-state index contributed by atoms with van der Waals surface area (Å²) in [5, 5.41) is 22.0. The van der Waals surface area contributed by atoms with E-state index in [0.717, 1.165) is 59.3 Å². The number of hydrogen-bond donors (Lipinski definition) is 8. The third-order valence-corrected chi connectivity index (χ3v) is 24.9. The molecule has 0 radical (unpaired) electrons. The highest BCUT2D eigenvalue weighted by Crippen LogP contribution is 2.49. The molecule has 0 aliphatic carbocycles. The Hall–Kier alpha value is -12.5. The van der Waals surface area contributed by atoms with Crippen molar-refractivity contribution in [3.05, 3.63) is 179 Å². The molecule has 6 saturated heterocycles. The lowest BCUT2D eigenvalue weighted by Crippen LogP contribution is -2.56. The van der Waals surface area contributed by atoms with Crippen molar-refractivity contribution in [3.8, 4) is 0 Å². The van der Waals surface area contributed by atoms with Crippen LogP contribution in [0.5, 0.6) is 0 Å². The van der Waals surface area contributed by atoms with E-state index < -0.39 is 121 Å². The third-order valence-electron chi connectivity index (χ3n) is 24.9. The van der Waals surface area contributed by atoms with Gasteiger partial charge >= 0.3 is 24.4 Å². The van der Waals surface area contributed by atoms with Crippen molar-refractivity contribution in [1.29, 1.82) is 0 Å². The highest BCUT2D eigenvalue weighted by atomic mass is 19.1. The zero-order valence-corrected chi connectivity index (χ0v) is 74.0. The van der Waals surface area contributed by atoms with Gasteiger partial charge in [-0.25, -0.2) is 28.0 Å². The topological polar surface area (TPSA) is 394 Å². The van der Waals surface area contributed by atoms with E-state index >= 15 is 0 Å². The molecule has 6 heterocycles. The number of methoxy groups -OCH3 is 8. The van der Waals surface area contributed by atoms with Crippen LogP contribution in [-0.2, 0) is 76.3 Å². The summed E-state index contributed by atoms with van der Waals surface area (Å²) in [5.41, 5.74) is 7.79. The van der Waals surface area contributed by atoms with Crippen LogP contribution in [0.15, 0.2) is 146 Å². The number of likely N-dealkylation sites (tertiary alicyclic amines) is 4. The van der Waals surface area contributed by atoms with Gasteiger partial charge in [0.25, 0.3) is 0 Å². The van der Waals surface area contributed by atoms with Crippen molar-refractivity contribution in [3.63, 3.8) is 0 Å². The molecule has 16 atom stereocenters. The number of carbonyl (C=O) groups excluding carboxylic acids is 12. The number of ether oxygens (including phenoxy) is 8. The number of carbonyl (C=O) groups is 12. The lowest BCUT2D eigenvalue weighted by molar-refractivity contribution is -0.141. The van der Waals surface area contributed by atoms with Gasteiger partial charge in [-0.2, -0.15) is 0 Å². The summed E-state index contributed by atoms with van der Waals surface area (Å²) in [5.74, 6) is -3.84. The van der Waals surface area contributed by atoms with Gasteiger partial charge in [0.05, 0.1) is 77.0 Å². The number of benzene rings is 6. The van der Waals surface area contributed by atoms with Crippen molar-refractivity contribution < 1.29 is 104 Å². The van der Waals surface area contributed by atoms with E-state index in [1.807, 2.05) is 97.1 Å². The minimum Gasteiger partial charge on any atom is -0.453 e. The molecule has 8 N–H and O–H groups in total. The molecule has 2 unspecified atom stereocenters. The van der Waals surface area contributed by atoms with Crippen LogP contribution in [0.25, 0.3) is 0 Å². The van der Waals surface area contributed by atoms with Crippen LogP contribution in [-0.4, -0.2) is 247 Å². The molecule has 6 aliphatic rings. The maximum atomic E-state index is 14.2. The Morgan fingerprint density at radius 3 is 0.664 bits per heavy atom. The van der Waals surface area contributed by atoms with E-state index in [1.54, 1.807) is 52.0 Å². The summed E-state index contributed by atoms with van der Waals surface area (Å²) in [4.78, 5) is 167. The molecule has 6 fully saturated rings. The zero-order valence-electron chi connectivity index (χ0n) is 74.0. The average Bonchev–Trinajstić information content (AvgIpc) is 1.64. The van der Waals surface area contributed by atoms with Crippen LogP contribution in [0.2, 0.25) is 0 Å². The number of amides is 12. The van der Waals surface area contributed by atoms with E-state index in [4.69, 9.17) is 37.9 Å². The van der Waals surface area contributed by atoms with E-state index in [1.165, 1.54) is 101 Å². The number of rotatable bonds is 30. The molecule has 6 aromatic carbocycles. The minimum atomic E-state index is -1.04. The normalized spacial score (nSPS) is 21.3. The molecule has 0 bridgehead atoms. The average molecular weight is 1780 g/mol. The Morgan fingerprint density at radius 1 is 0.289 bits per heavy atom. The predicted octanol–water partition coefficient (Wildman–Crippen LogP) is 10.6. The quantitative estimate of drug-likeness (QED) is 0.0194. The Morgan fingerprint density at radius 2 is 0.484 bits per heavy atom. The van der Waals surface area contributed by atoms with E-state index in [-0.39, 0.29) is 59.4 Å². The van der Waals surface area contributed by atoms with E-state index in [0.29, 0.717) is 100 Å². The third kappa shape index (κ3) is 23.1. The van der Waals surface area contributed by atoms with Gasteiger partial charge in [0.15, 0.2) is 0 Å². The Labute approximate surface area is 742 Å². The van der Waals surface area contributed by atoms with Gasteiger partial charge in [0.2, 0.25) is 47.3 Å². The molecule has 128 heavy (non-hydrogen) atoms. The summed E-state index contributed by atoms with van der Waals surface area (Å²) < 4.78 is 68.6. The number of anilines is 6. The van der Waals surface area contributed by atoms with E-state index in [9.17, 15) is 66.3 Å². The molecule has 12 amide bonds. The van der Waals surface area contributed by atoms with Crippen LogP contribution >= 0.6 is 0 Å². The van der Waals surface area contributed by atoms with Crippen LogP contribution < -0.4 is 52.3 Å². The second-order valence-electron chi connectivity index (χ2n) is 32.4. The lowest BCUT2D eigenvalue weighted by atomic mass is 10.0. The van der Waals surface area contributed by atoms with Crippen molar-refractivity contribution >= 4 is 106 Å². The molecule has 0 saturated carbocycles. The molecular formula is C92H116F2N14O20. The number of nitrogens with one attached hydrogen (secondary N) is 8. The van der Waals surface area contributed by atoms with Gasteiger partial charge in [-0.05, 0) is 224 Å². The van der Waals surface area contributed by atoms with Crippen molar-refractivity contribution in [2.75, 3.05) is 114 Å². The molecule has 0 spiro atoms. The van der Waals surface area contributed by atoms with Crippen LogP contribution in [0.1, 0.15) is 151 Å². The first-order chi connectivity index (χ1) is 61.5. The fraction of sp³-hybridized carbons (Fsp3) is 0.478. The monoisotopic (exact) mass is 1770 g/mol. The zero-order chi connectivity index (χ0) is 92.2. The minimum absolute atomic E-state index is 0.103. The van der Waals surface area contributed by atoms with Crippen LogP contribution in [0.4, 0.5) is 62.1 Å². The highest BCUT2D eigenvalue weighted by Gasteiger charge is 2.46. The number of nitrogens with zero attached hydrogens (tertiary/aromatic N) is 6. The molecule has 34 nitrogen and oxygen atoms in total. The standard InChI is InChI=1S/2C46H58FN7O10/c2*1-27(61-3)39(50-45(59)63-5)43(57)52-25-7-9-37(52)41(55)48-32-17-11-29(12-18-32)35-23-24-36(54(35)34-21-15-31(47)16-22-34)30-13-19-33(20-14-30)49-42(56)38-10-8-26-53(38)44(58)40(28(2)62-4)51-46(60)64-6/h2*11-22,27-28,35-40H,7-10,23-26H2,1-6H3,(H,48,55)(H,49,56)(H,50,59)(H,51,60)/t27-,28-,35+,36+,37+,38+,39+,40?;27-,28-,35-,36-,37+,38+,39+,40?/m11/s1. The van der Waals surface area contributed by atoms with Gasteiger partial charge in [0, 0.05) is 88.7 Å². The maximum absolute atomic E-state index is 14.2. The van der Waals surface area contributed by atoms with Crippen molar-refractivity contribution in [2.45, 2.75) is 202 Å². The van der Waals surface area contributed by atoms with Crippen molar-refractivity contribution in [1.82, 2.24) is 40.9 Å². The maximum Gasteiger partial charge on any atom is 0.407 e. The summed E-state index contributed by atoms with van der Waals surface area (Å²) in [6.07, 6.45) is 1.57. The Bertz CT molecular complexity index is 4300. The number of halogens is 2. The fourth-order valence-corrected chi connectivity index (χ4v) is 17.7. The summed E-state index contributed by atoms with van der Waals surface area (Å²) in [7, 11) is 10.5.